The first-order chi connectivity index (χ1) is 10.3. The van der Waals surface area contributed by atoms with E-state index in [1.807, 2.05) is 0 Å². The molecule has 0 fully saturated rings. The number of unbranched alkanes of at least 4 members (excludes halogenated alkanes) is 9. The molecule has 0 amide bonds. The van der Waals surface area contributed by atoms with Gasteiger partial charge in [-0.15, -0.1) is 0 Å². The third kappa shape index (κ3) is 17.7. The number of rotatable bonds is 16. The van der Waals surface area contributed by atoms with Gasteiger partial charge in [-0.2, -0.15) is 12.6 Å². The summed E-state index contributed by atoms with van der Waals surface area (Å²) in [7, 11) is 0. The zero-order valence-electron chi connectivity index (χ0n) is 13.9. The first-order valence-corrected chi connectivity index (χ1v) is 9.41. The Labute approximate surface area is 137 Å². The molecule has 0 saturated heterocycles. The summed E-state index contributed by atoms with van der Waals surface area (Å²) in [6, 6.07) is 0. The summed E-state index contributed by atoms with van der Waals surface area (Å²) in [5.74, 6) is 0.714. The van der Waals surface area contributed by atoms with Gasteiger partial charge in [0, 0.05) is 18.8 Å². The van der Waals surface area contributed by atoms with Gasteiger partial charge in [-0.1, -0.05) is 64.7 Å². The summed E-state index contributed by atoms with van der Waals surface area (Å²) in [6.07, 6.45) is 13.5. The van der Waals surface area contributed by atoms with Crippen molar-refractivity contribution in [1.29, 1.82) is 0 Å². The van der Waals surface area contributed by atoms with E-state index in [1.54, 1.807) is 0 Å². The fraction of sp³-hybridized carbons (Fsp3) is 0.941. The highest BCUT2D eigenvalue weighted by atomic mass is 32.1. The van der Waals surface area contributed by atoms with Crippen LogP contribution in [0.1, 0.15) is 77.6 Å². The van der Waals surface area contributed by atoms with Crippen molar-refractivity contribution in [3.05, 3.63) is 0 Å². The Morgan fingerprint density at radius 3 is 2.05 bits per heavy atom. The molecule has 0 radical (unpaired) electrons. The zero-order valence-corrected chi connectivity index (χ0v) is 14.8. The van der Waals surface area contributed by atoms with Gasteiger partial charge in [-0.25, -0.2) is 0 Å². The maximum atomic E-state index is 11.4. The molecular weight excluding hydrogens is 282 g/mol. The smallest absolute Gasteiger partial charge is 0.307 e. The van der Waals surface area contributed by atoms with Gasteiger partial charge in [0.1, 0.15) is 0 Å². The predicted molar refractivity (Wildman–Crippen MR) is 94.1 cm³/mol. The van der Waals surface area contributed by atoms with Crippen molar-refractivity contribution in [2.24, 2.45) is 0 Å². The van der Waals surface area contributed by atoms with Crippen LogP contribution in [0.2, 0.25) is 0 Å². The van der Waals surface area contributed by atoms with Crippen LogP contribution < -0.4 is 5.32 Å². The van der Waals surface area contributed by atoms with Gasteiger partial charge in [0.15, 0.2) is 0 Å². The second-order valence-corrected chi connectivity index (χ2v) is 6.07. The van der Waals surface area contributed by atoms with E-state index in [4.69, 9.17) is 4.74 Å². The maximum absolute atomic E-state index is 11.4. The molecule has 0 aliphatic heterocycles. The van der Waals surface area contributed by atoms with Crippen LogP contribution in [-0.4, -0.2) is 31.4 Å². The molecule has 0 atom stereocenters. The van der Waals surface area contributed by atoms with Crippen LogP contribution in [0.15, 0.2) is 0 Å². The summed E-state index contributed by atoms with van der Waals surface area (Å²) >= 11 is 4.09. The Hall–Kier alpha value is -0.220. The Morgan fingerprint density at radius 2 is 1.48 bits per heavy atom. The van der Waals surface area contributed by atoms with Gasteiger partial charge in [0.25, 0.3) is 0 Å². The molecule has 3 nitrogen and oxygen atoms in total. The van der Waals surface area contributed by atoms with Crippen molar-refractivity contribution in [3.8, 4) is 0 Å². The maximum Gasteiger partial charge on any atom is 0.307 e. The van der Waals surface area contributed by atoms with E-state index in [0.29, 0.717) is 19.6 Å². The minimum Gasteiger partial charge on any atom is -0.466 e. The van der Waals surface area contributed by atoms with Gasteiger partial charge in [-0.3, -0.25) is 4.79 Å². The van der Waals surface area contributed by atoms with Gasteiger partial charge in [0.05, 0.1) is 13.0 Å². The standard InChI is InChI=1S/C17H35NO2S/c1-2-3-4-5-6-7-8-9-10-11-15-20-17(19)12-13-18-14-16-21/h18,21H,2-16H2,1H3. The van der Waals surface area contributed by atoms with E-state index in [1.165, 1.54) is 57.8 Å². The van der Waals surface area contributed by atoms with Crippen molar-refractivity contribution < 1.29 is 9.53 Å². The van der Waals surface area contributed by atoms with Gasteiger partial charge in [0.2, 0.25) is 0 Å². The number of hydrogen-bond acceptors (Lipinski definition) is 4. The number of esters is 1. The minimum atomic E-state index is -0.0856. The quantitative estimate of drug-likeness (QED) is 0.252. The topological polar surface area (TPSA) is 38.3 Å². The molecule has 0 unspecified atom stereocenters. The van der Waals surface area contributed by atoms with E-state index in [0.717, 1.165) is 18.7 Å². The largest absolute Gasteiger partial charge is 0.466 e. The molecule has 21 heavy (non-hydrogen) atoms. The van der Waals surface area contributed by atoms with Crippen LogP contribution in [0.25, 0.3) is 0 Å². The molecule has 0 aromatic rings. The van der Waals surface area contributed by atoms with Crippen LogP contribution in [0.4, 0.5) is 0 Å². The number of carbonyl (C=O) groups excluding carboxylic acids is 1. The summed E-state index contributed by atoms with van der Waals surface area (Å²) in [5.41, 5.74) is 0. The van der Waals surface area contributed by atoms with E-state index in [2.05, 4.69) is 24.9 Å². The van der Waals surface area contributed by atoms with Gasteiger partial charge < -0.3 is 10.1 Å². The lowest BCUT2D eigenvalue weighted by Crippen LogP contribution is -2.21. The van der Waals surface area contributed by atoms with E-state index >= 15 is 0 Å². The molecule has 0 aliphatic carbocycles. The molecule has 1 N–H and O–H groups in total. The highest BCUT2D eigenvalue weighted by Crippen LogP contribution is 2.10. The van der Waals surface area contributed by atoms with Gasteiger partial charge >= 0.3 is 5.97 Å². The summed E-state index contributed by atoms with van der Waals surface area (Å²) in [5, 5.41) is 3.13. The predicted octanol–water partition coefficient (Wildman–Crippen LogP) is 4.36. The number of hydrogen-bond donors (Lipinski definition) is 2. The number of ether oxygens (including phenoxy) is 1. The average molecular weight is 318 g/mol. The molecule has 0 bridgehead atoms. The highest BCUT2D eigenvalue weighted by molar-refractivity contribution is 7.80. The molecule has 0 saturated carbocycles. The summed E-state index contributed by atoms with van der Waals surface area (Å²) in [4.78, 5) is 11.4. The Morgan fingerprint density at radius 1 is 0.905 bits per heavy atom. The molecule has 4 heteroatoms. The van der Waals surface area contributed by atoms with E-state index < -0.39 is 0 Å². The highest BCUT2D eigenvalue weighted by Gasteiger charge is 2.01. The van der Waals surface area contributed by atoms with Gasteiger partial charge in [-0.05, 0) is 6.42 Å². The number of thiol groups is 1. The Balaban J connectivity index is 3.09. The SMILES string of the molecule is CCCCCCCCCCCCOC(=O)CCNCCS. The molecule has 0 rings (SSSR count). The summed E-state index contributed by atoms with van der Waals surface area (Å²) in [6.45, 7) is 4.37. The molecule has 0 aromatic carbocycles. The first-order valence-electron chi connectivity index (χ1n) is 8.78. The third-order valence-electron chi connectivity index (χ3n) is 3.56. The number of nitrogens with one attached hydrogen (secondary N) is 1. The van der Waals surface area contributed by atoms with Crippen molar-refractivity contribution in [1.82, 2.24) is 5.32 Å². The lowest BCUT2D eigenvalue weighted by Gasteiger charge is -2.05. The molecule has 0 heterocycles. The number of carbonyl (C=O) groups is 1. The molecule has 126 valence electrons. The minimum absolute atomic E-state index is 0.0856. The van der Waals surface area contributed by atoms with Crippen molar-refractivity contribution in [2.75, 3.05) is 25.4 Å². The average Bonchev–Trinajstić information content (AvgIpc) is 2.49. The lowest BCUT2D eigenvalue weighted by atomic mass is 10.1. The first kappa shape index (κ1) is 20.8. The third-order valence-corrected chi connectivity index (χ3v) is 3.78. The van der Waals surface area contributed by atoms with Crippen LogP contribution in [-0.2, 0) is 9.53 Å². The lowest BCUT2D eigenvalue weighted by molar-refractivity contribution is -0.143. The molecule has 0 aliphatic rings. The molecule has 0 spiro atoms. The Bertz CT molecular complexity index is 225. The van der Waals surface area contributed by atoms with Crippen molar-refractivity contribution in [2.45, 2.75) is 77.6 Å². The van der Waals surface area contributed by atoms with Crippen LogP contribution in [0.5, 0.6) is 0 Å². The molecular formula is C17H35NO2S. The van der Waals surface area contributed by atoms with E-state index in [-0.39, 0.29) is 5.97 Å². The zero-order chi connectivity index (χ0) is 15.6. The van der Waals surface area contributed by atoms with Crippen molar-refractivity contribution in [3.63, 3.8) is 0 Å². The molecule has 0 aromatic heterocycles. The fourth-order valence-electron chi connectivity index (χ4n) is 2.24. The van der Waals surface area contributed by atoms with E-state index in [9.17, 15) is 4.79 Å². The van der Waals surface area contributed by atoms with Crippen LogP contribution >= 0.6 is 12.6 Å². The second-order valence-electron chi connectivity index (χ2n) is 5.63. The Kier molecular flexibility index (Phi) is 17.6. The monoisotopic (exact) mass is 317 g/mol. The normalized spacial score (nSPS) is 10.8. The van der Waals surface area contributed by atoms with Crippen molar-refractivity contribution >= 4 is 18.6 Å². The fourth-order valence-corrected chi connectivity index (χ4v) is 2.40. The van der Waals surface area contributed by atoms with Crippen LogP contribution in [0.3, 0.4) is 0 Å². The summed E-state index contributed by atoms with van der Waals surface area (Å²) < 4.78 is 5.20. The van der Waals surface area contributed by atoms with Crippen LogP contribution in [0, 0.1) is 0 Å². The second kappa shape index (κ2) is 17.8.